The zero-order valence-corrected chi connectivity index (χ0v) is 8.84. The Morgan fingerprint density at radius 1 is 1.23 bits per heavy atom. The molecule has 1 aliphatic heterocycles. The van der Waals surface area contributed by atoms with E-state index in [1.807, 2.05) is 0 Å². The first-order chi connectivity index (χ1) is 6.34. The van der Waals surface area contributed by atoms with E-state index in [1.165, 1.54) is 38.5 Å². The Labute approximate surface area is 81.9 Å². The lowest BCUT2D eigenvalue weighted by Crippen LogP contribution is -2.39. The summed E-state index contributed by atoms with van der Waals surface area (Å²) in [5.41, 5.74) is 0. The van der Waals surface area contributed by atoms with Crippen LogP contribution < -0.4 is 0 Å². The maximum Gasteiger partial charge on any atom is 0.107 e. The quantitative estimate of drug-likeness (QED) is 0.665. The molecule has 1 aliphatic rings. The molecule has 13 heavy (non-hydrogen) atoms. The van der Waals surface area contributed by atoms with Gasteiger partial charge in [0, 0.05) is 13.1 Å². The number of hydrogen-bond donors (Lipinski definition) is 1. The van der Waals surface area contributed by atoms with E-state index in [1.54, 1.807) is 0 Å². The summed E-state index contributed by atoms with van der Waals surface area (Å²) in [6.07, 6.45) is 8.51. The molecular weight excluding hydrogens is 162 g/mol. The Hall–Kier alpha value is -0.0800. The molecule has 2 heteroatoms. The molecule has 1 heterocycles. The summed E-state index contributed by atoms with van der Waals surface area (Å²) in [6.45, 7) is 4.43. The highest BCUT2D eigenvalue weighted by molar-refractivity contribution is 4.68. The summed E-state index contributed by atoms with van der Waals surface area (Å²) in [6, 6.07) is 0. The van der Waals surface area contributed by atoms with Crippen LogP contribution in [0.2, 0.25) is 0 Å². The number of hydrogen-bond acceptors (Lipinski definition) is 2. The molecular formula is C11H23NO. The summed E-state index contributed by atoms with van der Waals surface area (Å²) in [5.74, 6) is 0. The molecule has 0 bridgehead atoms. The van der Waals surface area contributed by atoms with Crippen molar-refractivity contribution in [3.8, 4) is 0 Å². The van der Waals surface area contributed by atoms with E-state index in [0.717, 1.165) is 19.5 Å². The van der Waals surface area contributed by atoms with Crippen molar-refractivity contribution in [2.24, 2.45) is 0 Å². The molecule has 2 nitrogen and oxygen atoms in total. The van der Waals surface area contributed by atoms with E-state index in [-0.39, 0.29) is 6.23 Å². The number of nitrogens with zero attached hydrogens (tertiary/aromatic N) is 1. The first kappa shape index (κ1) is 11.0. The number of likely N-dealkylation sites (tertiary alicyclic amines) is 1. The van der Waals surface area contributed by atoms with Crippen LogP contribution in [0.1, 0.15) is 51.9 Å². The van der Waals surface area contributed by atoms with Crippen LogP contribution in [0.5, 0.6) is 0 Å². The van der Waals surface area contributed by atoms with Gasteiger partial charge in [-0.2, -0.15) is 0 Å². The number of aliphatic hydroxyl groups excluding tert-OH is 1. The third-order valence-electron chi connectivity index (χ3n) is 2.88. The molecule has 0 saturated carbocycles. The average Bonchev–Trinajstić information content (AvgIpc) is 2.15. The fourth-order valence-corrected chi connectivity index (χ4v) is 1.98. The van der Waals surface area contributed by atoms with Gasteiger partial charge in [0.05, 0.1) is 0 Å². The number of rotatable bonds is 5. The van der Waals surface area contributed by atoms with Crippen molar-refractivity contribution in [1.82, 2.24) is 4.90 Å². The van der Waals surface area contributed by atoms with Gasteiger partial charge >= 0.3 is 0 Å². The molecule has 0 amide bonds. The second-order valence-electron chi connectivity index (χ2n) is 4.07. The molecule has 1 atom stereocenters. The zero-order chi connectivity index (χ0) is 9.52. The molecule has 1 N–H and O–H groups in total. The van der Waals surface area contributed by atoms with Crippen molar-refractivity contribution in [1.29, 1.82) is 0 Å². The molecule has 0 aromatic carbocycles. The van der Waals surface area contributed by atoms with Crippen molar-refractivity contribution in [2.75, 3.05) is 13.1 Å². The van der Waals surface area contributed by atoms with Gasteiger partial charge in [0.1, 0.15) is 6.23 Å². The van der Waals surface area contributed by atoms with Crippen LogP contribution in [0.3, 0.4) is 0 Å². The second-order valence-corrected chi connectivity index (χ2v) is 4.07. The minimum absolute atomic E-state index is 0.143. The van der Waals surface area contributed by atoms with Crippen LogP contribution in [0, 0.1) is 0 Å². The van der Waals surface area contributed by atoms with Crippen LogP contribution in [-0.4, -0.2) is 29.3 Å². The van der Waals surface area contributed by atoms with E-state index in [2.05, 4.69) is 11.8 Å². The Morgan fingerprint density at radius 2 is 2.08 bits per heavy atom. The number of aliphatic hydroxyl groups is 1. The van der Waals surface area contributed by atoms with Gasteiger partial charge in [0.2, 0.25) is 0 Å². The SMILES string of the molecule is CCCCCCN1CCCCC1O. The number of unbranched alkanes of at least 4 members (excludes halogenated alkanes) is 3. The summed E-state index contributed by atoms with van der Waals surface area (Å²) < 4.78 is 0. The average molecular weight is 185 g/mol. The summed E-state index contributed by atoms with van der Waals surface area (Å²) >= 11 is 0. The zero-order valence-electron chi connectivity index (χ0n) is 8.84. The van der Waals surface area contributed by atoms with Crippen molar-refractivity contribution in [3.05, 3.63) is 0 Å². The minimum Gasteiger partial charge on any atom is -0.378 e. The molecule has 0 aromatic heterocycles. The molecule has 1 fully saturated rings. The Balaban J connectivity index is 2.05. The van der Waals surface area contributed by atoms with Gasteiger partial charge in [-0.1, -0.05) is 26.2 Å². The molecule has 1 saturated heterocycles. The van der Waals surface area contributed by atoms with Crippen LogP contribution in [-0.2, 0) is 0 Å². The molecule has 0 spiro atoms. The predicted octanol–water partition coefficient (Wildman–Crippen LogP) is 2.37. The summed E-state index contributed by atoms with van der Waals surface area (Å²) in [5, 5.41) is 9.65. The standard InChI is InChI=1S/C11H23NO/c1-2-3-4-6-9-12-10-7-5-8-11(12)13/h11,13H,2-10H2,1H3. The fourth-order valence-electron chi connectivity index (χ4n) is 1.98. The summed E-state index contributed by atoms with van der Waals surface area (Å²) in [7, 11) is 0. The predicted molar refractivity (Wildman–Crippen MR) is 55.6 cm³/mol. The van der Waals surface area contributed by atoms with Crippen LogP contribution in [0.25, 0.3) is 0 Å². The summed E-state index contributed by atoms with van der Waals surface area (Å²) in [4.78, 5) is 2.24. The molecule has 0 aliphatic carbocycles. The Kier molecular flexibility index (Phi) is 5.40. The topological polar surface area (TPSA) is 23.5 Å². The maximum atomic E-state index is 9.65. The highest BCUT2D eigenvalue weighted by Gasteiger charge is 2.18. The van der Waals surface area contributed by atoms with Gasteiger partial charge in [-0.15, -0.1) is 0 Å². The Morgan fingerprint density at radius 3 is 2.77 bits per heavy atom. The number of piperidine rings is 1. The molecule has 1 unspecified atom stereocenters. The van der Waals surface area contributed by atoms with E-state index >= 15 is 0 Å². The van der Waals surface area contributed by atoms with Gasteiger partial charge in [-0.25, -0.2) is 0 Å². The first-order valence-electron chi connectivity index (χ1n) is 5.76. The van der Waals surface area contributed by atoms with Gasteiger partial charge in [0.15, 0.2) is 0 Å². The molecule has 1 rings (SSSR count). The molecule has 0 aromatic rings. The second kappa shape index (κ2) is 6.39. The van der Waals surface area contributed by atoms with Crippen molar-refractivity contribution in [2.45, 2.75) is 58.1 Å². The lowest BCUT2D eigenvalue weighted by atomic mass is 10.1. The van der Waals surface area contributed by atoms with Crippen molar-refractivity contribution in [3.63, 3.8) is 0 Å². The van der Waals surface area contributed by atoms with E-state index < -0.39 is 0 Å². The van der Waals surface area contributed by atoms with Crippen molar-refractivity contribution >= 4 is 0 Å². The van der Waals surface area contributed by atoms with Crippen LogP contribution in [0.15, 0.2) is 0 Å². The third kappa shape index (κ3) is 4.10. The third-order valence-corrected chi connectivity index (χ3v) is 2.88. The highest BCUT2D eigenvalue weighted by atomic mass is 16.3. The highest BCUT2D eigenvalue weighted by Crippen LogP contribution is 2.15. The minimum atomic E-state index is -0.143. The van der Waals surface area contributed by atoms with Crippen molar-refractivity contribution < 1.29 is 5.11 Å². The Bertz CT molecular complexity index is 127. The smallest absolute Gasteiger partial charge is 0.107 e. The first-order valence-corrected chi connectivity index (χ1v) is 5.76. The fraction of sp³-hybridized carbons (Fsp3) is 1.00. The van der Waals surface area contributed by atoms with E-state index in [4.69, 9.17) is 0 Å². The lowest BCUT2D eigenvalue weighted by molar-refractivity contribution is -0.0243. The normalized spacial score (nSPS) is 24.9. The largest absolute Gasteiger partial charge is 0.378 e. The maximum absolute atomic E-state index is 9.65. The molecule has 78 valence electrons. The lowest BCUT2D eigenvalue weighted by Gasteiger charge is -2.31. The van der Waals surface area contributed by atoms with Gasteiger partial charge in [-0.05, 0) is 25.7 Å². The van der Waals surface area contributed by atoms with Gasteiger partial charge < -0.3 is 5.11 Å². The van der Waals surface area contributed by atoms with Gasteiger partial charge in [0.25, 0.3) is 0 Å². The van der Waals surface area contributed by atoms with E-state index in [0.29, 0.717) is 0 Å². The van der Waals surface area contributed by atoms with E-state index in [9.17, 15) is 5.11 Å². The van der Waals surface area contributed by atoms with Crippen LogP contribution in [0.4, 0.5) is 0 Å². The van der Waals surface area contributed by atoms with Crippen LogP contribution >= 0.6 is 0 Å². The molecule has 0 radical (unpaired) electrons. The van der Waals surface area contributed by atoms with Gasteiger partial charge in [-0.3, -0.25) is 4.90 Å². The monoisotopic (exact) mass is 185 g/mol.